The lowest BCUT2D eigenvalue weighted by atomic mass is 9.78. The highest BCUT2D eigenvalue weighted by molar-refractivity contribution is 6.01. The summed E-state index contributed by atoms with van der Waals surface area (Å²) in [5.41, 5.74) is 0.945. The second kappa shape index (κ2) is 12.1. The summed E-state index contributed by atoms with van der Waals surface area (Å²) in [6, 6.07) is 3.75. The van der Waals surface area contributed by atoms with E-state index < -0.39 is 29.7 Å². The summed E-state index contributed by atoms with van der Waals surface area (Å²) in [5, 5.41) is 18.3. The molecule has 0 aromatic carbocycles. The number of pyridine rings is 1. The summed E-state index contributed by atoms with van der Waals surface area (Å²) in [7, 11) is 1.79. The maximum atomic E-state index is 13.1. The molecule has 2 fully saturated rings. The quantitative estimate of drug-likeness (QED) is 0.527. The minimum Gasteiger partial charge on any atom is -0.475 e. The Balaban J connectivity index is 0.000000317. The molecule has 4 rings (SSSR count). The largest absolute Gasteiger partial charge is 0.490 e. The third kappa shape index (κ3) is 8.15. The van der Waals surface area contributed by atoms with Crippen LogP contribution in [0.1, 0.15) is 29.6 Å². The van der Waals surface area contributed by atoms with E-state index in [4.69, 9.17) is 19.8 Å². The molecule has 39 heavy (non-hydrogen) atoms. The highest BCUT2D eigenvalue weighted by Crippen LogP contribution is 2.42. The van der Waals surface area contributed by atoms with Crippen LogP contribution in [-0.4, -0.2) is 85.6 Å². The van der Waals surface area contributed by atoms with E-state index in [-0.39, 0.29) is 11.8 Å². The highest BCUT2D eigenvalue weighted by atomic mass is 19.4. The zero-order valence-corrected chi connectivity index (χ0v) is 20.2. The summed E-state index contributed by atoms with van der Waals surface area (Å²) in [6.45, 7) is 1.85. The normalized spacial score (nSPS) is 19.1. The Morgan fingerprint density at radius 1 is 0.974 bits per heavy atom. The number of alkyl halides is 6. The molecule has 2 aromatic rings. The van der Waals surface area contributed by atoms with Gasteiger partial charge in [0.05, 0.1) is 29.1 Å². The Bertz CT molecular complexity index is 1160. The van der Waals surface area contributed by atoms with Gasteiger partial charge in [0.1, 0.15) is 0 Å². The lowest BCUT2D eigenvalue weighted by Gasteiger charge is -2.38. The van der Waals surface area contributed by atoms with Crippen molar-refractivity contribution in [2.24, 2.45) is 12.5 Å². The first-order valence-electron chi connectivity index (χ1n) is 11.1. The monoisotopic (exact) mass is 567 g/mol. The van der Waals surface area contributed by atoms with Crippen molar-refractivity contribution < 1.29 is 55.7 Å². The van der Waals surface area contributed by atoms with Crippen molar-refractivity contribution in [3.63, 3.8) is 0 Å². The molecule has 17 heteroatoms. The molecule has 1 unspecified atom stereocenters. The number of aryl methyl sites for hydroxylation is 1. The zero-order valence-electron chi connectivity index (χ0n) is 20.2. The van der Waals surface area contributed by atoms with Crippen LogP contribution in [0.15, 0.2) is 36.9 Å². The SMILES string of the molecule is Cn1cc(C(=O)N2CCCC3(CCN(c4cccnc4)C3=O)C2)cn1.O=C(O)C(F)(F)F.O=C(O)C(F)(F)F. The van der Waals surface area contributed by atoms with Crippen molar-refractivity contribution in [3.05, 3.63) is 42.5 Å². The summed E-state index contributed by atoms with van der Waals surface area (Å²) in [6.07, 6.45) is -0.980. The number of hydrogen-bond acceptors (Lipinski definition) is 6. The molecule has 214 valence electrons. The van der Waals surface area contributed by atoms with E-state index in [1.165, 1.54) is 0 Å². The van der Waals surface area contributed by atoms with Gasteiger partial charge in [-0.15, -0.1) is 0 Å². The number of anilines is 1. The highest BCUT2D eigenvalue weighted by Gasteiger charge is 2.50. The number of likely N-dealkylation sites (tertiary alicyclic amines) is 1. The molecule has 2 amide bonds. The van der Waals surface area contributed by atoms with Crippen molar-refractivity contribution in [2.45, 2.75) is 31.6 Å². The number of halogens is 6. The third-order valence-electron chi connectivity index (χ3n) is 5.77. The van der Waals surface area contributed by atoms with Crippen LogP contribution in [0.3, 0.4) is 0 Å². The lowest BCUT2D eigenvalue weighted by Crippen LogP contribution is -2.49. The van der Waals surface area contributed by atoms with Gasteiger partial charge in [-0.25, -0.2) is 9.59 Å². The third-order valence-corrected chi connectivity index (χ3v) is 5.77. The predicted octanol–water partition coefficient (Wildman–Crippen LogP) is 2.74. The van der Waals surface area contributed by atoms with Crippen LogP contribution in [0.5, 0.6) is 0 Å². The molecule has 1 atom stereocenters. The van der Waals surface area contributed by atoms with Gasteiger partial charge in [0.2, 0.25) is 5.91 Å². The Morgan fingerprint density at radius 2 is 1.56 bits per heavy atom. The van der Waals surface area contributed by atoms with Gasteiger partial charge in [0, 0.05) is 39.1 Å². The molecular formula is C22H23F6N5O6. The Labute approximate surface area is 216 Å². The summed E-state index contributed by atoms with van der Waals surface area (Å²) in [4.78, 5) is 51.4. The van der Waals surface area contributed by atoms with Crippen LogP contribution in [0, 0.1) is 5.41 Å². The zero-order chi connectivity index (χ0) is 29.6. The van der Waals surface area contributed by atoms with E-state index >= 15 is 0 Å². The number of aliphatic carboxylic acids is 2. The number of carboxylic acid groups (broad SMARTS) is 2. The van der Waals surface area contributed by atoms with Crippen molar-refractivity contribution in [1.29, 1.82) is 0 Å². The fourth-order valence-corrected chi connectivity index (χ4v) is 3.98. The second-order valence-corrected chi connectivity index (χ2v) is 8.54. The number of amides is 2. The Hall–Kier alpha value is -4.18. The predicted molar refractivity (Wildman–Crippen MR) is 119 cm³/mol. The van der Waals surface area contributed by atoms with Crippen molar-refractivity contribution in [1.82, 2.24) is 19.7 Å². The van der Waals surface area contributed by atoms with E-state index in [0.717, 1.165) is 24.9 Å². The van der Waals surface area contributed by atoms with Crippen LogP contribution >= 0.6 is 0 Å². The van der Waals surface area contributed by atoms with E-state index in [0.29, 0.717) is 25.2 Å². The van der Waals surface area contributed by atoms with Crippen LogP contribution in [-0.2, 0) is 21.4 Å². The van der Waals surface area contributed by atoms with Crippen LogP contribution in [0.2, 0.25) is 0 Å². The van der Waals surface area contributed by atoms with Gasteiger partial charge >= 0.3 is 24.3 Å². The van der Waals surface area contributed by atoms with E-state index in [9.17, 15) is 35.9 Å². The van der Waals surface area contributed by atoms with Crippen LogP contribution < -0.4 is 4.90 Å². The molecule has 0 saturated carbocycles. The molecule has 2 aliphatic heterocycles. The molecule has 0 aliphatic carbocycles. The van der Waals surface area contributed by atoms with E-state index in [1.54, 1.807) is 36.5 Å². The molecule has 0 radical (unpaired) electrons. The standard InChI is InChI=1S/C18H21N5O2.2C2HF3O2/c1-21-12-14(10-20-21)16(24)22-8-3-5-18(13-22)6-9-23(17(18)25)15-4-2-7-19-11-15;2*3-2(4,5)1(6)7/h2,4,7,10-12H,3,5-6,8-9,13H2,1H3;2*(H,6,7). The molecule has 2 saturated heterocycles. The molecule has 2 N–H and O–H groups in total. The average Bonchev–Trinajstić information content (AvgIpc) is 3.42. The van der Waals surface area contributed by atoms with Gasteiger partial charge < -0.3 is 20.0 Å². The van der Waals surface area contributed by atoms with Crippen molar-refractivity contribution >= 4 is 29.4 Å². The fourth-order valence-electron chi connectivity index (χ4n) is 3.98. The average molecular weight is 567 g/mol. The Kier molecular flexibility index (Phi) is 9.65. The number of carbonyl (C=O) groups is 4. The number of hydrogen-bond donors (Lipinski definition) is 2. The molecule has 2 aliphatic rings. The summed E-state index contributed by atoms with van der Waals surface area (Å²) < 4.78 is 65.1. The number of carbonyl (C=O) groups excluding carboxylic acids is 2. The van der Waals surface area contributed by atoms with E-state index in [1.807, 2.05) is 21.9 Å². The minimum absolute atomic E-state index is 0.0418. The summed E-state index contributed by atoms with van der Waals surface area (Å²) >= 11 is 0. The summed E-state index contributed by atoms with van der Waals surface area (Å²) in [5.74, 6) is -5.44. The van der Waals surface area contributed by atoms with Gasteiger partial charge in [0.15, 0.2) is 0 Å². The second-order valence-electron chi connectivity index (χ2n) is 8.54. The van der Waals surface area contributed by atoms with Crippen LogP contribution in [0.25, 0.3) is 0 Å². The minimum atomic E-state index is -5.08. The molecule has 11 nitrogen and oxygen atoms in total. The first-order valence-corrected chi connectivity index (χ1v) is 11.1. The number of carboxylic acids is 2. The first kappa shape index (κ1) is 31.0. The molecule has 2 aromatic heterocycles. The molecule has 1 spiro atoms. The number of rotatable bonds is 2. The van der Waals surface area contributed by atoms with Crippen LogP contribution in [0.4, 0.5) is 32.0 Å². The Morgan fingerprint density at radius 3 is 2.03 bits per heavy atom. The number of nitrogens with zero attached hydrogens (tertiary/aromatic N) is 5. The van der Waals surface area contributed by atoms with Gasteiger partial charge in [-0.3, -0.25) is 19.3 Å². The van der Waals surface area contributed by atoms with Gasteiger partial charge in [-0.05, 0) is 31.4 Å². The maximum absolute atomic E-state index is 13.1. The topological polar surface area (TPSA) is 146 Å². The number of aromatic nitrogens is 3. The van der Waals surface area contributed by atoms with Gasteiger partial charge in [-0.1, -0.05) is 0 Å². The molecular weight excluding hydrogens is 544 g/mol. The number of piperidine rings is 1. The van der Waals surface area contributed by atoms with Gasteiger partial charge in [-0.2, -0.15) is 31.4 Å². The maximum Gasteiger partial charge on any atom is 0.490 e. The molecule has 4 heterocycles. The van der Waals surface area contributed by atoms with Gasteiger partial charge in [0.25, 0.3) is 5.91 Å². The fraction of sp³-hybridized carbons (Fsp3) is 0.455. The lowest BCUT2D eigenvalue weighted by molar-refractivity contribution is -0.193. The smallest absolute Gasteiger partial charge is 0.475 e. The van der Waals surface area contributed by atoms with E-state index in [2.05, 4.69) is 10.1 Å². The first-order chi connectivity index (χ1) is 18.0. The van der Waals surface area contributed by atoms with Crippen molar-refractivity contribution in [2.75, 3.05) is 24.5 Å². The molecule has 0 bridgehead atoms. The van der Waals surface area contributed by atoms with Crippen molar-refractivity contribution in [3.8, 4) is 0 Å².